The molecule has 1 heterocycles. The molecule has 1 aromatic heterocycles. The first-order valence-electron chi connectivity index (χ1n) is 8.27. The van der Waals surface area contributed by atoms with Crippen molar-refractivity contribution in [3.8, 4) is 0 Å². The number of aryl methyl sites for hydroxylation is 2. The van der Waals surface area contributed by atoms with E-state index in [1.807, 2.05) is 0 Å². The van der Waals surface area contributed by atoms with Gasteiger partial charge in [-0.1, -0.05) is 26.2 Å². The quantitative estimate of drug-likeness (QED) is 0.805. The fourth-order valence-electron chi connectivity index (χ4n) is 3.24. The average Bonchev–Trinajstić information content (AvgIpc) is 2.46. The van der Waals surface area contributed by atoms with Crippen LogP contribution in [0.3, 0.4) is 0 Å². The number of nitrogens with zero attached hydrogens (tertiary/aromatic N) is 2. The number of hydrogen-bond donors (Lipinski definition) is 1. The average molecular weight is 275 g/mol. The molecule has 0 aliphatic heterocycles. The summed E-state index contributed by atoms with van der Waals surface area (Å²) in [5.74, 6) is 1.71. The Labute approximate surface area is 123 Å². The van der Waals surface area contributed by atoms with Gasteiger partial charge in [-0.25, -0.2) is 9.97 Å². The van der Waals surface area contributed by atoms with Crippen LogP contribution in [0.2, 0.25) is 0 Å². The highest BCUT2D eigenvalue weighted by molar-refractivity contribution is 5.25. The summed E-state index contributed by atoms with van der Waals surface area (Å²) >= 11 is 0. The molecular formula is C17H29N3. The lowest BCUT2D eigenvalue weighted by atomic mass is 9.88. The predicted octanol–water partition coefficient (Wildman–Crippen LogP) is 3.68. The highest BCUT2D eigenvalue weighted by Gasteiger charge is 2.19. The molecule has 0 bridgehead atoms. The Morgan fingerprint density at radius 1 is 1.05 bits per heavy atom. The van der Waals surface area contributed by atoms with Gasteiger partial charge in [0, 0.05) is 17.3 Å². The third kappa shape index (κ3) is 4.02. The molecule has 20 heavy (non-hydrogen) atoms. The molecule has 1 fully saturated rings. The van der Waals surface area contributed by atoms with Crippen molar-refractivity contribution < 1.29 is 0 Å². The Bertz CT molecular complexity index is 399. The molecule has 0 atom stereocenters. The van der Waals surface area contributed by atoms with Crippen LogP contribution in [0.1, 0.15) is 74.1 Å². The van der Waals surface area contributed by atoms with Crippen LogP contribution in [0.15, 0.2) is 0 Å². The van der Waals surface area contributed by atoms with Crippen molar-refractivity contribution >= 4 is 0 Å². The van der Waals surface area contributed by atoms with Crippen molar-refractivity contribution in [2.45, 2.75) is 71.6 Å². The monoisotopic (exact) mass is 275 g/mol. The Hall–Kier alpha value is -0.960. The van der Waals surface area contributed by atoms with Crippen LogP contribution in [0.25, 0.3) is 0 Å². The maximum atomic E-state index is 4.83. The van der Waals surface area contributed by atoms with E-state index in [9.17, 15) is 0 Å². The van der Waals surface area contributed by atoms with E-state index in [0.29, 0.717) is 5.92 Å². The molecule has 1 N–H and O–H groups in total. The minimum atomic E-state index is 0.608. The maximum Gasteiger partial charge on any atom is 0.131 e. The number of aromatic nitrogens is 2. The number of hydrogen-bond acceptors (Lipinski definition) is 3. The van der Waals surface area contributed by atoms with Gasteiger partial charge < -0.3 is 5.32 Å². The fourth-order valence-corrected chi connectivity index (χ4v) is 3.24. The molecule has 3 heteroatoms. The highest BCUT2D eigenvalue weighted by atomic mass is 14.9. The van der Waals surface area contributed by atoms with Gasteiger partial charge in [0.25, 0.3) is 0 Å². The molecule has 0 saturated heterocycles. The van der Waals surface area contributed by atoms with Gasteiger partial charge in [0.2, 0.25) is 0 Å². The van der Waals surface area contributed by atoms with E-state index in [4.69, 9.17) is 9.97 Å². The summed E-state index contributed by atoms with van der Waals surface area (Å²) in [5, 5.41) is 3.38. The maximum absolute atomic E-state index is 4.83. The molecule has 1 aromatic rings. The van der Waals surface area contributed by atoms with Gasteiger partial charge in [0.15, 0.2) is 0 Å². The smallest absolute Gasteiger partial charge is 0.131 e. The Morgan fingerprint density at radius 3 is 2.30 bits per heavy atom. The number of rotatable bonds is 6. The van der Waals surface area contributed by atoms with E-state index >= 15 is 0 Å². The number of nitrogens with one attached hydrogen (secondary N) is 1. The van der Waals surface area contributed by atoms with Gasteiger partial charge in [-0.05, 0) is 58.2 Å². The van der Waals surface area contributed by atoms with E-state index < -0.39 is 0 Å². The van der Waals surface area contributed by atoms with Gasteiger partial charge in [-0.2, -0.15) is 0 Å². The zero-order valence-corrected chi connectivity index (χ0v) is 13.3. The lowest BCUT2D eigenvalue weighted by Gasteiger charge is -2.21. The molecule has 1 aliphatic carbocycles. The highest BCUT2D eigenvalue weighted by Crippen LogP contribution is 2.31. The van der Waals surface area contributed by atoms with Crippen molar-refractivity contribution in [3.05, 3.63) is 22.8 Å². The van der Waals surface area contributed by atoms with Crippen LogP contribution in [0.5, 0.6) is 0 Å². The summed E-state index contributed by atoms with van der Waals surface area (Å²) in [6.45, 7) is 8.60. The van der Waals surface area contributed by atoms with Crippen molar-refractivity contribution in [1.29, 1.82) is 0 Å². The van der Waals surface area contributed by atoms with E-state index in [-0.39, 0.29) is 0 Å². The van der Waals surface area contributed by atoms with Crippen molar-refractivity contribution in [3.63, 3.8) is 0 Å². The van der Waals surface area contributed by atoms with Gasteiger partial charge in [-0.3, -0.25) is 0 Å². The summed E-state index contributed by atoms with van der Waals surface area (Å²) in [6, 6.07) is 0. The summed E-state index contributed by atoms with van der Waals surface area (Å²) in [4.78, 5) is 9.65. The van der Waals surface area contributed by atoms with Gasteiger partial charge in [0.05, 0.1) is 0 Å². The summed E-state index contributed by atoms with van der Waals surface area (Å²) < 4.78 is 0. The normalized spacial score (nSPS) is 16.6. The van der Waals surface area contributed by atoms with Gasteiger partial charge in [0.1, 0.15) is 5.82 Å². The van der Waals surface area contributed by atoms with Crippen molar-refractivity contribution in [1.82, 2.24) is 15.3 Å². The topological polar surface area (TPSA) is 37.8 Å². The Balaban J connectivity index is 2.03. The van der Waals surface area contributed by atoms with Crippen LogP contribution < -0.4 is 5.32 Å². The Morgan fingerprint density at radius 2 is 1.70 bits per heavy atom. The molecule has 2 rings (SSSR count). The summed E-state index contributed by atoms with van der Waals surface area (Å²) in [6.07, 6.45) is 8.89. The summed E-state index contributed by atoms with van der Waals surface area (Å²) in [5.41, 5.74) is 3.77. The SMILES string of the molecule is CCNCCCc1c(C)nc(C2CCCCC2)nc1C. The largest absolute Gasteiger partial charge is 0.317 e. The molecule has 112 valence electrons. The molecule has 3 nitrogen and oxygen atoms in total. The van der Waals surface area contributed by atoms with Gasteiger partial charge in [-0.15, -0.1) is 0 Å². The van der Waals surface area contributed by atoms with Crippen LogP contribution in [-0.4, -0.2) is 23.1 Å². The zero-order chi connectivity index (χ0) is 14.4. The van der Waals surface area contributed by atoms with Crippen LogP contribution in [0, 0.1) is 13.8 Å². The predicted molar refractivity (Wildman–Crippen MR) is 84.2 cm³/mol. The van der Waals surface area contributed by atoms with Crippen LogP contribution >= 0.6 is 0 Å². The molecule has 0 unspecified atom stereocenters. The molecular weight excluding hydrogens is 246 g/mol. The standard InChI is InChI=1S/C17H29N3/c1-4-18-12-8-11-16-13(2)19-17(20-14(16)3)15-9-6-5-7-10-15/h15,18H,4-12H2,1-3H3. The first kappa shape index (κ1) is 15.4. The molecule has 0 amide bonds. The second kappa shape index (κ2) is 7.72. The minimum Gasteiger partial charge on any atom is -0.317 e. The molecule has 1 aliphatic rings. The molecule has 0 spiro atoms. The molecule has 0 radical (unpaired) electrons. The lowest BCUT2D eigenvalue weighted by molar-refractivity contribution is 0.427. The minimum absolute atomic E-state index is 0.608. The lowest BCUT2D eigenvalue weighted by Crippen LogP contribution is -2.16. The van der Waals surface area contributed by atoms with E-state index in [1.54, 1.807) is 0 Å². The van der Waals surface area contributed by atoms with Gasteiger partial charge >= 0.3 is 0 Å². The third-order valence-corrected chi connectivity index (χ3v) is 4.44. The second-order valence-electron chi connectivity index (χ2n) is 6.02. The van der Waals surface area contributed by atoms with Crippen molar-refractivity contribution in [2.75, 3.05) is 13.1 Å². The second-order valence-corrected chi connectivity index (χ2v) is 6.02. The molecule has 0 aromatic carbocycles. The van der Waals surface area contributed by atoms with Crippen molar-refractivity contribution in [2.24, 2.45) is 0 Å². The van der Waals surface area contributed by atoms with E-state index in [1.165, 1.54) is 55.5 Å². The van der Waals surface area contributed by atoms with Crippen LogP contribution in [0.4, 0.5) is 0 Å². The third-order valence-electron chi connectivity index (χ3n) is 4.44. The zero-order valence-electron chi connectivity index (χ0n) is 13.3. The molecule has 1 saturated carbocycles. The van der Waals surface area contributed by atoms with E-state index in [0.717, 1.165) is 25.3 Å². The van der Waals surface area contributed by atoms with Crippen LogP contribution in [-0.2, 0) is 6.42 Å². The summed E-state index contributed by atoms with van der Waals surface area (Å²) in [7, 11) is 0. The first-order valence-corrected chi connectivity index (χ1v) is 8.27. The fraction of sp³-hybridized carbons (Fsp3) is 0.765. The Kier molecular flexibility index (Phi) is 5.96. The van der Waals surface area contributed by atoms with E-state index in [2.05, 4.69) is 26.1 Å². The first-order chi connectivity index (χ1) is 9.72.